The van der Waals surface area contributed by atoms with Crippen molar-refractivity contribution in [3.63, 3.8) is 0 Å². The molecule has 0 bridgehead atoms. The summed E-state index contributed by atoms with van der Waals surface area (Å²) in [6.45, 7) is 10.5. The molecule has 2 rings (SSSR count). The van der Waals surface area contributed by atoms with Crippen LogP contribution in [0.15, 0.2) is 10.5 Å². The highest BCUT2D eigenvalue weighted by Gasteiger charge is 2.25. The van der Waals surface area contributed by atoms with Crippen molar-refractivity contribution in [2.24, 2.45) is 11.1 Å². The van der Waals surface area contributed by atoms with E-state index in [4.69, 9.17) is 10.2 Å². The highest BCUT2D eigenvalue weighted by Crippen LogP contribution is 2.30. The normalized spacial score (nSPS) is 20.7. The van der Waals surface area contributed by atoms with Crippen LogP contribution < -0.4 is 5.73 Å². The summed E-state index contributed by atoms with van der Waals surface area (Å²) in [5.74, 6) is 1.99. The third-order valence-electron chi connectivity index (χ3n) is 3.85. The minimum Gasteiger partial charge on any atom is -0.463 e. The van der Waals surface area contributed by atoms with Crippen molar-refractivity contribution in [3.8, 4) is 0 Å². The Morgan fingerprint density at radius 3 is 2.53 bits per heavy atom. The molecule has 0 unspecified atom stereocenters. The molecule has 0 saturated carbocycles. The maximum atomic E-state index is 5.75. The Labute approximate surface area is 104 Å². The SMILES string of the molecule is Cc1cc(CN2CCC(C)(C)CC2)oc1CN. The van der Waals surface area contributed by atoms with Crippen LogP contribution in [0.4, 0.5) is 0 Å². The van der Waals surface area contributed by atoms with Crippen LogP contribution in [-0.2, 0) is 13.1 Å². The number of nitrogens with zero attached hydrogens (tertiary/aromatic N) is 1. The van der Waals surface area contributed by atoms with Gasteiger partial charge in [0.15, 0.2) is 0 Å². The number of nitrogens with two attached hydrogens (primary N) is 1. The molecule has 0 spiro atoms. The monoisotopic (exact) mass is 236 g/mol. The minimum absolute atomic E-state index is 0.499. The summed E-state index contributed by atoms with van der Waals surface area (Å²) >= 11 is 0. The van der Waals surface area contributed by atoms with Gasteiger partial charge in [-0.3, -0.25) is 4.90 Å². The molecule has 2 heterocycles. The summed E-state index contributed by atoms with van der Waals surface area (Å²) in [5.41, 5.74) is 7.32. The lowest BCUT2D eigenvalue weighted by molar-refractivity contribution is 0.120. The molecule has 3 nitrogen and oxygen atoms in total. The zero-order valence-corrected chi connectivity index (χ0v) is 11.3. The Morgan fingerprint density at radius 1 is 1.35 bits per heavy atom. The molecular formula is C14H24N2O. The molecule has 17 heavy (non-hydrogen) atoms. The Hall–Kier alpha value is -0.800. The second kappa shape index (κ2) is 4.83. The average molecular weight is 236 g/mol. The number of furan rings is 1. The van der Waals surface area contributed by atoms with Crippen molar-refractivity contribution in [3.05, 3.63) is 23.2 Å². The van der Waals surface area contributed by atoms with E-state index in [0.29, 0.717) is 12.0 Å². The van der Waals surface area contributed by atoms with Crippen molar-refractivity contribution >= 4 is 0 Å². The Balaban J connectivity index is 1.93. The van der Waals surface area contributed by atoms with Crippen LogP contribution in [0, 0.1) is 12.3 Å². The molecule has 1 aromatic heterocycles. The summed E-state index contributed by atoms with van der Waals surface area (Å²) in [5, 5.41) is 0. The van der Waals surface area contributed by atoms with Crippen molar-refractivity contribution < 1.29 is 4.42 Å². The number of rotatable bonds is 3. The van der Waals surface area contributed by atoms with Crippen molar-refractivity contribution in [2.45, 2.75) is 46.7 Å². The van der Waals surface area contributed by atoms with E-state index in [0.717, 1.165) is 18.1 Å². The van der Waals surface area contributed by atoms with Gasteiger partial charge in [-0.05, 0) is 49.9 Å². The van der Waals surface area contributed by atoms with E-state index in [1.54, 1.807) is 0 Å². The van der Waals surface area contributed by atoms with Gasteiger partial charge in [0.05, 0.1) is 13.1 Å². The molecule has 96 valence electrons. The van der Waals surface area contributed by atoms with Crippen LogP contribution in [0.5, 0.6) is 0 Å². The third kappa shape index (κ3) is 3.11. The summed E-state index contributed by atoms with van der Waals surface area (Å²) in [4.78, 5) is 2.48. The highest BCUT2D eigenvalue weighted by molar-refractivity contribution is 5.19. The summed E-state index contributed by atoms with van der Waals surface area (Å²) in [7, 11) is 0. The molecule has 0 aliphatic carbocycles. The molecule has 3 heteroatoms. The quantitative estimate of drug-likeness (QED) is 0.877. The third-order valence-corrected chi connectivity index (χ3v) is 3.85. The van der Waals surface area contributed by atoms with Gasteiger partial charge in [-0.1, -0.05) is 13.8 Å². The van der Waals surface area contributed by atoms with E-state index in [2.05, 4.69) is 31.7 Å². The van der Waals surface area contributed by atoms with E-state index in [-0.39, 0.29) is 0 Å². The van der Waals surface area contributed by atoms with Crippen LogP contribution in [0.3, 0.4) is 0 Å². The Bertz CT molecular complexity index is 372. The van der Waals surface area contributed by atoms with E-state index in [1.807, 2.05) is 0 Å². The molecular weight excluding hydrogens is 212 g/mol. The van der Waals surface area contributed by atoms with Crippen molar-refractivity contribution in [1.29, 1.82) is 0 Å². The van der Waals surface area contributed by atoms with Gasteiger partial charge in [0.1, 0.15) is 11.5 Å². The second-order valence-electron chi connectivity index (χ2n) is 5.96. The first-order chi connectivity index (χ1) is 8.00. The van der Waals surface area contributed by atoms with E-state index in [1.165, 1.54) is 31.5 Å². The van der Waals surface area contributed by atoms with Gasteiger partial charge in [-0.25, -0.2) is 0 Å². The predicted molar refractivity (Wildman–Crippen MR) is 69.6 cm³/mol. The lowest BCUT2D eigenvalue weighted by Crippen LogP contribution is -2.36. The first kappa shape index (κ1) is 12.7. The lowest BCUT2D eigenvalue weighted by atomic mass is 9.83. The van der Waals surface area contributed by atoms with E-state index in [9.17, 15) is 0 Å². The number of likely N-dealkylation sites (tertiary alicyclic amines) is 1. The maximum absolute atomic E-state index is 5.75. The minimum atomic E-state index is 0.499. The van der Waals surface area contributed by atoms with Crippen molar-refractivity contribution in [1.82, 2.24) is 4.90 Å². The fourth-order valence-electron chi connectivity index (χ4n) is 2.41. The van der Waals surface area contributed by atoms with Gasteiger partial charge in [0.25, 0.3) is 0 Å². The summed E-state index contributed by atoms with van der Waals surface area (Å²) in [6, 6.07) is 2.13. The fourth-order valence-corrected chi connectivity index (χ4v) is 2.41. The van der Waals surface area contributed by atoms with Gasteiger partial charge in [-0.2, -0.15) is 0 Å². The topological polar surface area (TPSA) is 42.4 Å². The van der Waals surface area contributed by atoms with Crippen LogP contribution in [0.1, 0.15) is 43.8 Å². The lowest BCUT2D eigenvalue weighted by Gasteiger charge is -2.36. The van der Waals surface area contributed by atoms with Crippen LogP contribution >= 0.6 is 0 Å². The molecule has 0 radical (unpaired) electrons. The van der Waals surface area contributed by atoms with Gasteiger partial charge in [-0.15, -0.1) is 0 Å². The van der Waals surface area contributed by atoms with E-state index >= 15 is 0 Å². The number of piperidine rings is 1. The Morgan fingerprint density at radius 2 is 2.00 bits per heavy atom. The number of hydrogen-bond donors (Lipinski definition) is 1. The summed E-state index contributed by atoms with van der Waals surface area (Å²) < 4.78 is 5.75. The molecule has 1 aliphatic rings. The number of aryl methyl sites for hydroxylation is 1. The molecule has 1 saturated heterocycles. The standard InChI is InChI=1S/C14H24N2O/c1-11-8-12(17-13(11)9-15)10-16-6-4-14(2,3)5-7-16/h8H,4-7,9-10,15H2,1-3H3. The molecule has 1 aliphatic heterocycles. The molecule has 2 N–H and O–H groups in total. The predicted octanol–water partition coefficient (Wildman–Crippen LogP) is 2.67. The van der Waals surface area contributed by atoms with Crippen LogP contribution in [0.25, 0.3) is 0 Å². The van der Waals surface area contributed by atoms with Gasteiger partial charge in [0, 0.05) is 0 Å². The smallest absolute Gasteiger partial charge is 0.120 e. The molecule has 0 amide bonds. The van der Waals surface area contributed by atoms with Crippen LogP contribution in [0.2, 0.25) is 0 Å². The van der Waals surface area contributed by atoms with Crippen molar-refractivity contribution in [2.75, 3.05) is 13.1 Å². The van der Waals surface area contributed by atoms with Crippen LogP contribution in [-0.4, -0.2) is 18.0 Å². The van der Waals surface area contributed by atoms with Gasteiger partial charge in [0.2, 0.25) is 0 Å². The first-order valence-corrected chi connectivity index (χ1v) is 6.51. The maximum Gasteiger partial charge on any atom is 0.120 e. The number of hydrogen-bond acceptors (Lipinski definition) is 3. The second-order valence-corrected chi connectivity index (χ2v) is 5.96. The zero-order valence-electron chi connectivity index (χ0n) is 11.3. The fraction of sp³-hybridized carbons (Fsp3) is 0.714. The highest BCUT2D eigenvalue weighted by atomic mass is 16.3. The molecule has 0 atom stereocenters. The van der Waals surface area contributed by atoms with Gasteiger partial charge >= 0.3 is 0 Å². The molecule has 0 aromatic carbocycles. The first-order valence-electron chi connectivity index (χ1n) is 6.51. The van der Waals surface area contributed by atoms with E-state index < -0.39 is 0 Å². The molecule has 1 fully saturated rings. The largest absolute Gasteiger partial charge is 0.463 e. The Kier molecular flexibility index (Phi) is 3.59. The summed E-state index contributed by atoms with van der Waals surface area (Å²) in [6.07, 6.45) is 2.55. The average Bonchev–Trinajstić information content (AvgIpc) is 2.62. The zero-order chi connectivity index (χ0) is 12.5. The molecule has 1 aromatic rings. The van der Waals surface area contributed by atoms with Gasteiger partial charge < -0.3 is 10.2 Å².